The third kappa shape index (κ3) is 5.13. The zero-order chi connectivity index (χ0) is 27.0. The monoisotopic (exact) mass is 573 g/mol. The third-order valence-electron chi connectivity index (χ3n) is 6.15. The van der Waals surface area contributed by atoms with Crippen LogP contribution in [0, 0.1) is 11.6 Å². The maximum absolute atomic E-state index is 14.5. The first-order valence-electron chi connectivity index (χ1n) is 11.7. The van der Waals surface area contributed by atoms with Gasteiger partial charge in [0.15, 0.2) is 0 Å². The Morgan fingerprint density at radius 3 is 2.43 bits per heavy atom. The number of carbonyl (C=O) groups is 2. The second-order valence-corrected chi connectivity index (χ2v) is 10.0. The van der Waals surface area contributed by atoms with Crippen molar-refractivity contribution in [3.05, 3.63) is 85.2 Å². The van der Waals surface area contributed by atoms with E-state index in [0.717, 1.165) is 12.1 Å². The molecule has 1 aliphatic heterocycles. The maximum Gasteiger partial charge on any atom is 0.263 e. The SMILES string of the molecule is CNC(=O)c1ccc(-n2c(NC(C)C)nc3c(c2=O)C[C@@H](C)N(C(=O)c2cc(F)c(Br)cc2F)C3)cc1. The van der Waals surface area contributed by atoms with Crippen molar-refractivity contribution >= 4 is 33.7 Å². The highest BCUT2D eigenvalue weighted by Crippen LogP contribution is 2.27. The van der Waals surface area contributed by atoms with Crippen molar-refractivity contribution in [2.45, 2.75) is 45.8 Å². The summed E-state index contributed by atoms with van der Waals surface area (Å²) in [5.41, 5.74) is 1.10. The normalized spacial score (nSPS) is 14.9. The van der Waals surface area contributed by atoms with E-state index in [4.69, 9.17) is 0 Å². The molecule has 2 N–H and O–H groups in total. The Bertz CT molecular complexity index is 1440. The van der Waals surface area contributed by atoms with Gasteiger partial charge in [0, 0.05) is 30.3 Å². The highest BCUT2D eigenvalue weighted by atomic mass is 79.9. The Balaban J connectivity index is 1.77. The van der Waals surface area contributed by atoms with E-state index in [-0.39, 0.29) is 46.5 Å². The molecule has 0 radical (unpaired) electrons. The van der Waals surface area contributed by atoms with E-state index in [2.05, 4.69) is 31.5 Å². The Labute approximate surface area is 220 Å². The summed E-state index contributed by atoms with van der Waals surface area (Å²) in [4.78, 5) is 44.9. The second-order valence-electron chi connectivity index (χ2n) is 9.16. The predicted octanol–water partition coefficient (Wildman–Crippen LogP) is 4.04. The quantitative estimate of drug-likeness (QED) is 0.449. The number of aromatic nitrogens is 2. The molecule has 0 fully saturated rings. The molecule has 0 unspecified atom stereocenters. The molecule has 0 saturated carbocycles. The van der Waals surface area contributed by atoms with Crippen LogP contribution in [0.4, 0.5) is 14.7 Å². The first kappa shape index (κ1) is 26.5. The summed E-state index contributed by atoms with van der Waals surface area (Å²) in [5, 5.41) is 5.73. The van der Waals surface area contributed by atoms with Crippen molar-refractivity contribution < 1.29 is 18.4 Å². The Kier molecular flexibility index (Phi) is 7.44. The van der Waals surface area contributed by atoms with E-state index in [1.165, 1.54) is 16.5 Å². The van der Waals surface area contributed by atoms with Crippen molar-refractivity contribution in [1.82, 2.24) is 19.8 Å². The van der Waals surface area contributed by atoms with Crippen LogP contribution in [-0.4, -0.2) is 45.4 Å². The van der Waals surface area contributed by atoms with E-state index in [0.29, 0.717) is 22.5 Å². The molecular formula is C26H26BrF2N5O3. The maximum atomic E-state index is 14.5. The van der Waals surface area contributed by atoms with Crippen LogP contribution >= 0.6 is 15.9 Å². The molecule has 1 aliphatic rings. The molecular weight excluding hydrogens is 548 g/mol. The highest BCUT2D eigenvalue weighted by Gasteiger charge is 2.33. The van der Waals surface area contributed by atoms with Crippen LogP contribution in [0.15, 0.2) is 45.7 Å². The van der Waals surface area contributed by atoms with Crippen LogP contribution in [0.2, 0.25) is 0 Å². The third-order valence-corrected chi connectivity index (χ3v) is 6.76. The van der Waals surface area contributed by atoms with Crippen LogP contribution < -0.4 is 16.2 Å². The van der Waals surface area contributed by atoms with Gasteiger partial charge in [0.25, 0.3) is 17.4 Å². The summed E-state index contributed by atoms with van der Waals surface area (Å²) in [6.07, 6.45) is 0.186. The zero-order valence-electron chi connectivity index (χ0n) is 20.7. The summed E-state index contributed by atoms with van der Waals surface area (Å²) in [5.74, 6) is -2.25. The van der Waals surface area contributed by atoms with Gasteiger partial charge in [-0.3, -0.25) is 14.4 Å². The molecule has 1 aromatic heterocycles. The molecule has 11 heteroatoms. The lowest BCUT2D eigenvalue weighted by Gasteiger charge is -2.35. The Morgan fingerprint density at radius 2 is 1.81 bits per heavy atom. The number of amides is 2. The lowest BCUT2D eigenvalue weighted by atomic mass is 9.98. The van der Waals surface area contributed by atoms with Gasteiger partial charge in [-0.1, -0.05) is 0 Å². The lowest BCUT2D eigenvalue weighted by molar-refractivity contribution is 0.0647. The minimum absolute atomic E-state index is 0.0368. The molecule has 4 rings (SSSR count). The predicted molar refractivity (Wildman–Crippen MR) is 139 cm³/mol. The van der Waals surface area contributed by atoms with E-state index < -0.39 is 23.6 Å². The van der Waals surface area contributed by atoms with Crippen molar-refractivity contribution in [3.8, 4) is 5.69 Å². The summed E-state index contributed by atoms with van der Waals surface area (Å²) >= 11 is 2.92. The van der Waals surface area contributed by atoms with Crippen LogP contribution in [0.1, 0.15) is 52.7 Å². The number of nitrogens with zero attached hydrogens (tertiary/aromatic N) is 3. The van der Waals surface area contributed by atoms with E-state index in [9.17, 15) is 23.2 Å². The van der Waals surface area contributed by atoms with Gasteiger partial charge in [-0.15, -0.1) is 0 Å². The molecule has 2 amide bonds. The number of hydrogen-bond donors (Lipinski definition) is 2. The zero-order valence-corrected chi connectivity index (χ0v) is 22.3. The summed E-state index contributed by atoms with van der Waals surface area (Å²) < 4.78 is 30.0. The first-order valence-corrected chi connectivity index (χ1v) is 12.5. The van der Waals surface area contributed by atoms with Gasteiger partial charge in [-0.05, 0) is 79.5 Å². The molecule has 1 atom stereocenters. The number of fused-ring (bicyclic) bond motifs is 1. The summed E-state index contributed by atoms with van der Waals surface area (Å²) in [6.45, 7) is 5.50. The topological polar surface area (TPSA) is 96.3 Å². The van der Waals surface area contributed by atoms with Gasteiger partial charge < -0.3 is 15.5 Å². The van der Waals surface area contributed by atoms with Crippen molar-refractivity contribution in [3.63, 3.8) is 0 Å². The van der Waals surface area contributed by atoms with Crippen molar-refractivity contribution in [2.75, 3.05) is 12.4 Å². The van der Waals surface area contributed by atoms with Crippen molar-refractivity contribution in [1.29, 1.82) is 0 Å². The second kappa shape index (κ2) is 10.4. The van der Waals surface area contributed by atoms with Crippen LogP contribution in [0.25, 0.3) is 5.69 Å². The fraction of sp³-hybridized carbons (Fsp3) is 0.308. The molecule has 194 valence electrons. The Hall–Kier alpha value is -3.60. The highest BCUT2D eigenvalue weighted by molar-refractivity contribution is 9.10. The fourth-order valence-corrected chi connectivity index (χ4v) is 4.59. The lowest BCUT2D eigenvalue weighted by Crippen LogP contribution is -2.46. The molecule has 0 aliphatic carbocycles. The molecule has 3 aromatic rings. The number of halogens is 3. The minimum Gasteiger partial charge on any atom is -0.355 e. The smallest absolute Gasteiger partial charge is 0.263 e. The van der Waals surface area contributed by atoms with E-state index in [1.807, 2.05) is 13.8 Å². The number of anilines is 1. The van der Waals surface area contributed by atoms with Crippen molar-refractivity contribution in [2.24, 2.45) is 0 Å². The number of benzene rings is 2. The van der Waals surface area contributed by atoms with Gasteiger partial charge in [-0.25, -0.2) is 18.3 Å². The molecule has 0 saturated heterocycles. The number of carbonyl (C=O) groups excluding carboxylic acids is 2. The summed E-state index contributed by atoms with van der Waals surface area (Å²) in [6, 6.07) is 7.82. The van der Waals surface area contributed by atoms with Gasteiger partial charge >= 0.3 is 0 Å². The molecule has 2 heterocycles. The Morgan fingerprint density at radius 1 is 1.14 bits per heavy atom. The van der Waals surface area contributed by atoms with Gasteiger partial charge in [0.1, 0.15) is 11.6 Å². The standard InChI is InChI=1S/C26H26BrF2N5O3/c1-13(2)31-26-32-22-12-33(24(36)17-10-21(29)19(27)11-20(17)28)14(3)9-18(22)25(37)34(26)16-7-5-15(6-8-16)23(35)30-4/h5-8,10-11,13-14H,9,12H2,1-4H3,(H,30,35)(H,31,32)/t14-/m1/s1. The minimum atomic E-state index is -0.845. The van der Waals surface area contributed by atoms with Crippen LogP contribution in [-0.2, 0) is 13.0 Å². The average Bonchev–Trinajstić information content (AvgIpc) is 2.85. The van der Waals surface area contributed by atoms with Crippen LogP contribution in [0.5, 0.6) is 0 Å². The number of nitrogens with one attached hydrogen (secondary N) is 2. The molecule has 0 bridgehead atoms. The number of rotatable bonds is 5. The molecule has 0 spiro atoms. The number of hydrogen-bond acceptors (Lipinski definition) is 5. The van der Waals surface area contributed by atoms with Crippen LogP contribution in [0.3, 0.4) is 0 Å². The molecule has 8 nitrogen and oxygen atoms in total. The largest absolute Gasteiger partial charge is 0.355 e. The van der Waals surface area contributed by atoms with E-state index in [1.54, 1.807) is 31.2 Å². The van der Waals surface area contributed by atoms with E-state index >= 15 is 0 Å². The van der Waals surface area contributed by atoms with Gasteiger partial charge in [0.2, 0.25) is 5.95 Å². The average molecular weight is 574 g/mol. The first-order chi connectivity index (χ1) is 17.5. The summed E-state index contributed by atoms with van der Waals surface area (Å²) in [7, 11) is 1.54. The fourth-order valence-electron chi connectivity index (χ4n) is 4.27. The molecule has 37 heavy (non-hydrogen) atoms. The van der Waals surface area contributed by atoms with Gasteiger partial charge in [-0.2, -0.15) is 0 Å². The van der Waals surface area contributed by atoms with Gasteiger partial charge in [0.05, 0.1) is 28.0 Å². The molecule has 2 aromatic carbocycles.